The molecule has 0 heterocycles. The molecule has 0 spiro atoms. The lowest BCUT2D eigenvalue weighted by Gasteiger charge is -2.15. The monoisotopic (exact) mass is 296 g/mol. The van der Waals surface area contributed by atoms with E-state index in [0.717, 1.165) is 25.1 Å². The highest BCUT2D eigenvalue weighted by Gasteiger charge is 2.34. The topological polar surface area (TPSA) is 63.6 Å². The van der Waals surface area contributed by atoms with Crippen molar-refractivity contribution in [3.8, 4) is 5.75 Å². The molecule has 1 unspecified atom stereocenters. The second-order valence-electron chi connectivity index (χ2n) is 3.55. The fraction of sp³-hybridized carbons (Fsp3) is 0.273. The van der Waals surface area contributed by atoms with Gasteiger partial charge in [0.1, 0.15) is 16.7 Å². The van der Waals surface area contributed by atoms with E-state index in [0.29, 0.717) is 0 Å². The van der Waals surface area contributed by atoms with Crippen molar-refractivity contribution in [3.05, 3.63) is 29.3 Å². The first-order valence-electron chi connectivity index (χ1n) is 4.90. The van der Waals surface area contributed by atoms with E-state index in [9.17, 15) is 22.8 Å². The Morgan fingerprint density at radius 3 is 2.37 bits per heavy atom. The summed E-state index contributed by atoms with van der Waals surface area (Å²) in [7, 11) is 0. The molecule has 1 rings (SSSR count). The van der Waals surface area contributed by atoms with Crippen LogP contribution >= 0.6 is 11.6 Å². The van der Waals surface area contributed by atoms with Crippen molar-refractivity contribution in [2.75, 3.05) is 0 Å². The molecule has 8 heteroatoms. The maximum Gasteiger partial charge on any atom is 0.573 e. The van der Waals surface area contributed by atoms with Crippen molar-refractivity contribution in [2.45, 2.75) is 18.7 Å². The van der Waals surface area contributed by atoms with Gasteiger partial charge in [-0.15, -0.1) is 24.8 Å². The second kappa shape index (κ2) is 5.48. The number of ketones is 1. The number of ether oxygens (including phenoxy) is 1. The molecule has 1 N–H and O–H groups in total. The highest BCUT2D eigenvalue weighted by atomic mass is 35.5. The van der Waals surface area contributed by atoms with Gasteiger partial charge < -0.3 is 9.84 Å². The van der Waals surface area contributed by atoms with Gasteiger partial charge >= 0.3 is 12.3 Å². The van der Waals surface area contributed by atoms with Crippen LogP contribution in [0.1, 0.15) is 28.2 Å². The third-order valence-corrected chi connectivity index (χ3v) is 2.67. The van der Waals surface area contributed by atoms with E-state index < -0.39 is 34.8 Å². The Morgan fingerprint density at radius 2 is 1.95 bits per heavy atom. The lowest BCUT2D eigenvalue weighted by atomic mass is 10.0. The molecule has 19 heavy (non-hydrogen) atoms. The van der Waals surface area contributed by atoms with Gasteiger partial charge in [-0.1, -0.05) is 12.1 Å². The van der Waals surface area contributed by atoms with E-state index in [-0.39, 0.29) is 5.56 Å². The maximum atomic E-state index is 12.2. The molecule has 104 valence electrons. The van der Waals surface area contributed by atoms with E-state index in [1.165, 1.54) is 0 Å². The standard InChI is InChI=1S/C11H8ClF3O4/c1-5(16)9(12)6-3-2-4-7(8(6)10(17)18)19-11(13,14)15/h2-4,9H,1H3,(H,17,18). The summed E-state index contributed by atoms with van der Waals surface area (Å²) < 4.78 is 40.1. The van der Waals surface area contributed by atoms with E-state index in [1.807, 2.05) is 0 Å². The van der Waals surface area contributed by atoms with Gasteiger partial charge in [0.2, 0.25) is 0 Å². The smallest absolute Gasteiger partial charge is 0.478 e. The minimum Gasteiger partial charge on any atom is -0.478 e. The van der Waals surface area contributed by atoms with Crippen LogP contribution in [0.4, 0.5) is 13.2 Å². The maximum absolute atomic E-state index is 12.2. The highest BCUT2D eigenvalue weighted by Crippen LogP contribution is 2.33. The van der Waals surface area contributed by atoms with Crippen LogP contribution in [-0.4, -0.2) is 23.2 Å². The largest absolute Gasteiger partial charge is 0.573 e. The zero-order valence-electron chi connectivity index (χ0n) is 9.49. The van der Waals surface area contributed by atoms with Gasteiger partial charge in [0, 0.05) is 0 Å². The molecule has 0 saturated heterocycles. The quantitative estimate of drug-likeness (QED) is 0.867. The van der Waals surface area contributed by atoms with Gasteiger partial charge in [-0.3, -0.25) is 4.79 Å². The van der Waals surface area contributed by atoms with Gasteiger partial charge in [0.05, 0.1) is 0 Å². The molecule has 0 saturated carbocycles. The number of carbonyl (C=O) groups is 2. The summed E-state index contributed by atoms with van der Waals surface area (Å²) in [5.41, 5.74) is -1.03. The van der Waals surface area contributed by atoms with E-state index in [1.54, 1.807) is 0 Å². The lowest BCUT2D eigenvalue weighted by Crippen LogP contribution is -2.20. The van der Waals surface area contributed by atoms with Crippen LogP contribution in [0.3, 0.4) is 0 Å². The number of alkyl halides is 4. The van der Waals surface area contributed by atoms with E-state index in [2.05, 4.69) is 4.74 Å². The molecule has 0 amide bonds. The Hall–Kier alpha value is -1.76. The van der Waals surface area contributed by atoms with Crippen LogP contribution in [0, 0.1) is 0 Å². The van der Waals surface area contributed by atoms with Gasteiger partial charge in [0.15, 0.2) is 5.78 Å². The molecule has 1 aromatic rings. The highest BCUT2D eigenvalue weighted by molar-refractivity contribution is 6.31. The number of rotatable bonds is 4. The number of carbonyl (C=O) groups excluding carboxylic acids is 1. The van der Waals surface area contributed by atoms with Gasteiger partial charge in [-0.2, -0.15) is 0 Å². The van der Waals surface area contributed by atoms with Crippen molar-refractivity contribution >= 4 is 23.4 Å². The van der Waals surface area contributed by atoms with Crippen LogP contribution in [0.5, 0.6) is 5.75 Å². The van der Waals surface area contributed by atoms with Gasteiger partial charge in [-0.05, 0) is 18.6 Å². The van der Waals surface area contributed by atoms with Crippen LogP contribution in [0.15, 0.2) is 18.2 Å². The second-order valence-corrected chi connectivity index (χ2v) is 3.98. The molecule has 0 radical (unpaired) electrons. The predicted octanol–water partition coefficient (Wildman–Crippen LogP) is 3.15. The fourth-order valence-corrected chi connectivity index (χ4v) is 1.60. The molecule has 4 nitrogen and oxygen atoms in total. The molecule has 1 aromatic carbocycles. The normalized spacial score (nSPS) is 12.9. The van der Waals surface area contributed by atoms with Crippen molar-refractivity contribution < 1.29 is 32.6 Å². The Kier molecular flexibility index (Phi) is 4.41. The van der Waals surface area contributed by atoms with Crippen LogP contribution in [0.2, 0.25) is 0 Å². The van der Waals surface area contributed by atoms with Crippen molar-refractivity contribution in [1.29, 1.82) is 0 Å². The molecule has 1 atom stereocenters. The summed E-state index contributed by atoms with van der Waals surface area (Å²) in [5, 5.41) is 7.60. The zero-order valence-corrected chi connectivity index (χ0v) is 10.2. The van der Waals surface area contributed by atoms with Gasteiger partial charge in [0.25, 0.3) is 0 Å². The van der Waals surface area contributed by atoms with Crippen LogP contribution in [0.25, 0.3) is 0 Å². The summed E-state index contributed by atoms with van der Waals surface area (Å²) in [6, 6.07) is 3.12. The number of halogens is 4. The summed E-state index contributed by atoms with van der Waals surface area (Å²) in [4.78, 5) is 22.2. The van der Waals surface area contributed by atoms with E-state index in [4.69, 9.17) is 16.7 Å². The minimum atomic E-state index is -5.04. The zero-order chi connectivity index (χ0) is 14.8. The Morgan fingerprint density at radius 1 is 1.37 bits per heavy atom. The van der Waals surface area contributed by atoms with Gasteiger partial charge in [-0.25, -0.2) is 4.79 Å². The lowest BCUT2D eigenvalue weighted by molar-refractivity contribution is -0.274. The molecule has 0 aliphatic heterocycles. The van der Waals surface area contributed by atoms with Crippen LogP contribution in [-0.2, 0) is 4.79 Å². The Labute approximate surface area is 110 Å². The summed E-state index contributed by atoms with van der Waals surface area (Å²) in [6.07, 6.45) is -5.04. The number of benzene rings is 1. The summed E-state index contributed by atoms with van der Waals surface area (Å²) in [6.45, 7) is 1.10. The molecule has 0 aliphatic carbocycles. The number of carboxylic acid groups (broad SMARTS) is 1. The number of hydrogen-bond acceptors (Lipinski definition) is 3. The number of hydrogen-bond donors (Lipinski definition) is 1. The molecule has 0 fully saturated rings. The molecular weight excluding hydrogens is 289 g/mol. The fourth-order valence-electron chi connectivity index (χ4n) is 1.42. The number of Topliss-reactive ketones (excluding diaryl/α,β-unsaturated/α-hetero) is 1. The average Bonchev–Trinajstić information content (AvgIpc) is 2.24. The summed E-state index contributed by atoms with van der Waals surface area (Å²) in [5.74, 6) is -3.17. The molecule has 0 bridgehead atoms. The number of carboxylic acids is 1. The first-order chi connectivity index (χ1) is 8.63. The minimum absolute atomic E-state index is 0.247. The average molecular weight is 297 g/mol. The van der Waals surface area contributed by atoms with E-state index >= 15 is 0 Å². The van der Waals surface area contributed by atoms with Crippen molar-refractivity contribution in [3.63, 3.8) is 0 Å². The molecule has 0 aliphatic rings. The van der Waals surface area contributed by atoms with Crippen molar-refractivity contribution in [2.24, 2.45) is 0 Å². The number of aromatic carboxylic acids is 1. The van der Waals surface area contributed by atoms with Crippen LogP contribution < -0.4 is 4.74 Å². The predicted molar refractivity (Wildman–Crippen MR) is 59.4 cm³/mol. The third kappa shape index (κ3) is 3.85. The molecular formula is C11H8ClF3O4. The SMILES string of the molecule is CC(=O)C(Cl)c1cccc(OC(F)(F)F)c1C(=O)O. The Balaban J connectivity index is 3.38. The Bertz CT molecular complexity index is 513. The van der Waals surface area contributed by atoms with Crippen molar-refractivity contribution in [1.82, 2.24) is 0 Å². The first-order valence-corrected chi connectivity index (χ1v) is 5.33. The molecule has 0 aromatic heterocycles. The summed E-state index contributed by atoms with van der Waals surface area (Å²) >= 11 is 5.68. The third-order valence-electron chi connectivity index (χ3n) is 2.13. The first kappa shape index (κ1) is 15.3.